The second-order valence-electron chi connectivity index (χ2n) is 9.15. The highest BCUT2D eigenvalue weighted by atomic mass is 16.5. The molecule has 0 aromatic carbocycles. The summed E-state index contributed by atoms with van der Waals surface area (Å²) < 4.78 is 5.05. The molecule has 2 aliphatic carbocycles. The molecule has 0 aliphatic heterocycles. The van der Waals surface area contributed by atoms with Crippen molar-refractivity contribution in [3.63, 3.8) is 0 Å². The number of esters is 1. The van der Waals surface area contributed by atoms with Gasteiger partial charge in [-0.05, 0) is 43.9 Å². The van der Waals surface area contributed by atoms with E-state index in [-0.39, 0.29) is 11.4 Å². The normalized spacial score (nSPS) is 25.1. The van der Waals surface area contributed by atoms with E-state index in [1.807, 2.05) is 6.92 Å². The van der Waals surface area contributed by atoms with E-state index < -0.39 is 0 Å². The Morgan fingerprint density at radius 1 is 1.18 bits per heavy atom. The third kappa shape index (κ3) is 5.91. The minimum Gasteiger partial charge on any atom is -0.466 e. The summed E-state index contributed by atoms with van der Waals surface area (Å²) in [6, 6.07) is 0.911. The number of carbonyl (C=O) groups is 1. The Hall–Kier alpha value is -0.570. The van der Waals surface area contributed by atoms with Crippen molar-refractivity contribution in [3.05, 3.63) is 0 Å². The molecule has 0 radical (unpaired) electrons. The third-order valence-corrected chi connectivity index (χ3v) is 5.36. The molecule has 0 heterocycles. The molecular formula is C19H36NO2+. The molecule has 2 fully saturated rings. The molecule has 0 amide bonds. The standard InChI is InChI=1S/C19H35NO2/c1-6-22-17(21)9-10-18(2,3)12-19(4,5)13-20-16-11-15(16)14-7-8-14/h14-16,20H,6-13H2,1-5H3/p+1. The summed E-state index contributed by atoms with van der Waals surface area (Å²) in [6.07, 6.45) is 7.05. The molecule has 22 heavy (non-hydrogen) atoms. The van der Waals surface area contributed by atoms with Crippen molar-refractivity contribution in [2.45, 2.75) is 79.2 Å². The largest absolute Gasteiger partial charge is 0.466 e. The fourth-order valence-corrected chi connectivity index (χ4v) is 4.17. The molecule has 3 nitrogen and oxygen atoms in total. The maximum absolute atomic E-state index is 11.6. The molecule has 0 aromatic heterocycles. The topological polar surface area (TPSA) is 42.9 Å². The fraction of sp³-hybridized carbons (Fsp3) is 0.947. The van der Waals surface area contributed by atoms with Crippen molar-refractivity contribution in [1.29, 1.82) is 0 Å². The number of hydrogen-bond donors (Lipinski definition) is 1. The van der Waals surface area contributed by atoms with Gasteiger partial charge in [0.05, 0.1) is 19.2 Å². The second kappa shape index (κ2) is 6.90. The Balaban J connectivity index is 1.68. The van der Waals surface area contributed by atoms with E-state index in [4.69, 9.17) is 4.74 Å². The Morgan fingerprint density at radius 3 is 2.45 bits per heavy atom. The van der Waals surface area contributed by atoms with E-state index in [2.05, 4.69) is 33.0 Å². The fourth-order valence-electron chi connectivity index (χ4n) is 4.17. The van der Waals surface area contributed by atoms with Crippen molar-refractivity contribution < 1.29 is 14.8 Å². The predicted octanol–water partition coefficient (Wildman–Crippen LogP) is 3.13. The molecule has 0 spiro atoms. The molecule has 2 atom stereocenters. The third-order valence-electron chi connectivity index (χ3n) is 5.36. The van der Waals surface area contributed by atoms with E-state index in [0.717, 1.165) is 30.7 Å². The quantitative estimate of drug-likeness (QED) is 0.630. The van der Waals surface area contributed by atoms with E-state index >= 15 is 0 Å². The number of carbonyl (C=O) groups excluding carboxylic acids is 1. The molecular weight excluding hydrogens is 274 g/mol. The molecule has 0 saturated heterocycles. The predicted molar refractivity (Wildman–Crippen MR) is 89.5 cm³/mol. The molecule has 2 rings (SSSR count). The van der Waals surface area contributed by atoms with Crippen molar-refractivity contribution in [2.24, 2.45) is 22.7 Å². The first kappa shape index (κ1) is 17.8. The maximum atomic E-state index is 11.6. The van der Waals surface area contributed by atoms with Crippen LogP contribution in [-0.4, -0.2) is 25.2 Å². The van der Waals surface area contributed by atoms with Crippen LogP contribution < -0.4 is 5.32 Å². The Kier molecular flexibility index (Phi) is 5.58. The van der Waals surface area contributed by atoms with Gasteiger partial charge in [0.25, 0.3) is 0 Å². The summed E-state index contributed by atoms with van der Waals surface area (Å²) in [5.41, 5.74) is 0.526. The lowest BCUT2D eigenvalue weighted by Crippen LogP contribution is -2.89. The maximum Gasteiger partial charge on any atom is 0.305 e. The summed E-state index contributed by atoms with van der Waals surface area (Å²) in [4.78, 5) is 11.6. The number of hydrogen-bond acceptors (Lipinski definition) is 2. The smallest absolute Gasteiger partial charge is 0.305 e. The number of quaternary nitrogens is 1. The molecule has 128 valence electrons. The lowest BCUT2D eigenvalue weighted by atomic mass is 9.73. The van der Waals surface area contributed by atoms with E-state index in [9.17, 15) is 4.79 Å². The van der Waals surface area contributed by atoms with Gasteiger partial charge in [0.15, 0.2) is 0 Å². The van der Waals surface area contributed by atoms with E-state index in [0.29, 0.717) is 18.4 Å². The van der Waals surface area contributed by atoms with Crippen LogP contribution in [0.15, 0.2) is 0 Å². The zero-order valence-electron chi connectivity index (χ0n) is 15.3. The van der Waals surface area contributed by atoms with Crippen LogP contribution in [0.5, 0.6) is 0 Å². The molecule has 2 saturated carbocycles. The summed E-state index contributed by atoms with van der Waals surface area (Å²) >= 11 is 0. The Labute approximate surface area is 136 Å². The number of ether oxygens (including phenoxy) is 1. The van der Waals surface area contributed by atoms with E-state index in [1.165, 1.54) is 25.8 Å². The molecule has 0 bridgehead atoms. The molecule has 3 heteroatoms. The van der Waals surface area contributed by atoms with Crippen LogP contribution in [0.25, 0.3) is 0 Å². The molecule has 0 aromatic rings. The summed E-state index contributed by atoms with van der Waals surface area (Å²) in [5.74, 6) is 2.06. The highest BCUT2D eigenvalue weighted by molar-refractivity contribution is 5.69. The SMILES string of the molecule is CCOC(=O)CCC(C)(C)CC(C)(C)C[NH2+]C1CC1C1CC1. The number of nitrogens with two attached hydrogens (primary N) is 1. The summed E-state index contributed by atoms with van der Waals surface area (Å²) in [6.45, 7) is 12.9. The zero-order chi connectivity index (χ0) is 16.4. The first-order valence-electron chi connectivity index (χ1n) is 9.21. The summed E-state index contributed by atoms with van der Waals surface area (Å²) in [5, 5.41) is 2.60. The van der Waals surface area contributed by atoms with Crippen LogP contribution in [0.2, 0.25) is 0 Å². The molecule has 2 N–H and O–H groups in total. The van der Waals surface area contributed by atoms with Crippen molar-refractivity contribution in [3.8, 4) is 0 Å². The van der Waals surface area contributed by atoms with Gasteiger partial charge < -0.3 is 10.1 Å². The van der Waals surface area contributed by atoms with Gasteiger partial charge in [0, 0.05) is 24.2 Å². The average molecular weight is 311 g/mol. The highest BCUT2D eigenvalue weighted by Gasteiger charge is 2.50. The zero-order valence-corrected chi connectivity index (χ0v) is 15.3. The first-order valence-corrected chi connectivity index (χ1v) is 9.21. The van der Waals surface area contributed by atoms with Crippen molar-refractivity contribution >= 4 is 5.97 Å². The highest BCUT2D eigenvalue weighted by Crippen LogP contribution is 2.48. The first-order chi connectivity index (χ1) is 10.2. The van der Waals surface area contributed by atoms with Crippen LogP contribution >= 0.6 is 0 Å². The molecule has 2 aliphatic rings. The Morgan fingerprint density at radius 2 is 1.86 bits per heavy atom. The van der Waals surface area contributed by atoms with Crippen LogP contribution in [0.1, 0.15) is 73.1 Å². The van der Waals surface area contributed by atoms with Gasteiger partial charge in [0.2, 0.25) is 0 Å². The van der Waals surface area contributed by atoms with Crippen LogP contribution in [0.4, 0.5) is 0 Å². The van der Waals surface area contributed by atoms with Crippen molar-refractivity contribution in [2.75, 3.05) is 13.2 Å². The minimum atomic E-state index is -0.0507. The van der Waals surface area contributed by atoms with Crippen LogP contribution in [0.3, 0.4) is 0 Å². The van der Waals surface area contributed by atoms with Gasteiger partial charge in [-0.3, -0.25) is 4.79 Å². The van der Waals surface area contributed by atoms with Gasteiger partial charge in [-0.1, -0.05) is 27.7 Å². The number of rotatable bonds is 10. The van der Waals surface area contributed by atoms with Gasteiger partial charge in [-0.25, -0.2) is 0 Å². The van der Waals surface area contributed by atoms with Gasteiger partial charge in [-0.15, -0.1) is 0 Å². The lowest BCUT2D eigenvalue weighted by molar-refractivity contribution is -0.681. The lowest BCUT2D eigenvalue weighted by Gasteiger charge is -2.34. The second-order valence-corrected chi connectivity index (χ2v) is 9.15. The van der Waals surface area contributed by atoms with Crippen LogP contribution in [0, 0.1) is 22.7 Å². The average Bonchev–Trinajstić information content (AvgIpc) is 3.24. The van der Waals surface area contributed by atoms with Crippen LogP contribution in [-0.2, 0) is 9.53 Å². The minimum absolute atomic E-state index is 0.0507. The Bertz CT molecular complexity index is 385. The van der Waals surface area contributed by atoms with Crippen molar-refractivity contribution in [1.82, 2.24) is 0 Å². The molecule has 2 unspecified atom stereocenters. The van der Waals surface area contributed by atoms with Gasteiger partial charge in [-0.2, -0.15) is 0 Å². The van der Waals surface area contributed by atoms with Gasteiger partial charge >= 0.3 is 5.97 Å². The van der Waals surface area contributed by atoms with E-state index in [1.54, 1.807) is 0 Å². The monoisotopic (exact) mass is 310 g/mol. The summed E-state index contributed by atoms with van der Waals surface area (Å²) in [7, 11) is 0. The van der Waals surface area contributed by atoms with Gasteiger partial charge in [0.1, 0.15) is 0 Å².